The Morgan fingerprint density at radius 1 is 1.10 bits per heavy atom. The van der Waals surface area contributed by atoms with Gasteiger partial charge in [0.15, 0.2) is 0 Å². The summed E-state index contributed by atoms with van der Waals surface area (Å²) in [6.07, 6.45) is -4.21. The van der Waals surface area contributed by atoms with E-state index in [-0.39, 0.29) is 30.5 Å². The third-order valence-corrected chi connectivity index (χ3v) is 3.95. The maximum absolute atomic E-state index is 12.2. The number of hydrogen-bond donors (Lipinski definition) is 2. The highest BCUT2D eigenvalue weighted by atomic mass is 19.4. The van der Waals surface area contributed by atoms with E-state index in [0.717, 1.165) is 0 Å². The standard InChI is InChI=1S/C17H19F3N4O5/c18-17(19,20)16(27)29-24-9-8-23(14(25)15(24)26)7-1-2-10-28-12-5-3-11(4-6-12)13(21)22/h3-6H,1-2,7-10H2,(H3,21,22). The molecule has 0 atom stereocenters. The van der Waals surface area contributed by atoms with E-state index in [2.05, 4.69) is 4.84 Å². The SMILES string of the molecule is N=C(N)c1ccc(OCCCCN2CCN(OC(=O)C(F)(F)F)C(=O)C2=O)cc1. The molecule has 1 aliphatic rings. The molecule has 0 spiro atoms. The quantitative estimate of drug-likeness (QED) is 0.280. The third kappa shape index (κ3) is 6.09. The van der Waals surface area contributed by atoms with Gasteiger partial charge in [-0.2, -0.15) is 18.2 Å². The molecule has 9 nitrogen and oxygen atoms in total. The number of halogens is 3. The van der Waals surface area contributed by atoms with Gasteiger partial charge >= 0.3 is 24.0 Å². The molecule has 1 fully saturated rings. The molecule has 0 saturated carbocycles. The van der Waals surface area contributed by atoms with Crippen LogP contribution in [0.3, 0.4) is 0 Å². The number of hydroxylamine groups is 2. The minimum Gasteiger partial charge on any atom is -0.494 e. The van der Waals surface area contributed by atoms with Crippen LogP contribution in [0.2, 0.25) is 0 Å². The number of alkyl halides is 3. The zero-order valence-electron chi connectivity index (χ0n) is 15.2. The molecule has 1 aromatic carbocycles. The molecule has 0 bridgehead atoms. The Kier molecular flexibility index (Phi) is 7.02. The van der Waals surface area contributed by atoms with E-state index in [1.807, 2.05) is 0 Å². The number of unbranched alkanes of at least 4 members (excludes halogenated alkanes) is 1. The fraction of sp³-hybridized carbons (Fsp3) is 0.412. The molecule has 0 radical (unpaired) electrons. The average Bonchev–Trinajstić information content (AvgIpc) is 2.66. The Morgan fingerprint density at radius 2 is 1.76 bits per heavy atom. The van der Waals surface area contributed by atoms with Crippen molar-refractivity contribution in [3.05, 3.63) is 29.8 Å². The second-order valence-corrected chi connectivity index (χ2v) is 6.07. The van der Waals surface area contributed by atoms with Gasteiger partial charge in [0.25, 0.3) is 0 Å². The van der Waals surface area contributed by atoms with Crippen LogP contribution in [0, 0.1) is 5.41 Å². The van der Waals surface area contributed by atoms with E-state index in [1.165, 1.54) is 4.90 Å². The number of amidine groups is 1. The Bertz CT molecular complexity index is 782. The molecule has 2 amide bonds. The Balaban J connectivity index is 1.71. The van der Waals surface area contributed by atoms with Gasteiger partial charge in [-0.05, 0) is 37.1 Å². The summed E-state index contributed by atoms with van der Waals surface area (Å²) in [5, 5.41) is 7.43. The van der Waals surface area contributed by atoms with Crippen molar-refractivity contribution in [2.24, 2.45) is 5.73 Å². The lowest BCUT2D eigenvalue weighted by Crippen LogP contribution is -2.55. The number of nitrogen functional groups attached to an aromatic ring is 1. The summed E-state index contributed by atoms with van der Waals surface area (Å²) in [5.41, 5.74) is 5.93. The number of hydrogen-bond acceptors (Lipinski definition) is 6. The van der Waals surface area contributed by atoms with Gasteiger partial charge in [-0.25, -0.2) is 4.79 Å². The molecule has 158 valence electrons. The van der Waals surface area contributed by atoms with Gasteiger partial charge in [0.05, 0.1) is 13.2 Å². The summed E-state index contributed by atoms with van der Waals surface area (Å²) in [7, 11) is 0. The molecule has 1 aliphatic heterocycles. The zero-order valence-corrected chi connectivity index (χ0v) is 15.2. The molecule has 29 heavy (non-hydrogen) atoms. The molecule has 12 heteroatoms. The average molecular weight is 416 g/mol. The molecule has 1 aromatic rings. The number of carbonyl (C=O) groups is 3. The van der Waals surface area contributed by atoms with Crippen LogP contribution in [-0.4, -0.2) is 66.0 Å². The monoisotopic (exact) mass is 416 g/mol. The summed E-state index contributed by atoms with van der Waals surface area (Å²) >= 11 is 0. The Labute approximate surface area is 163 Å². The number of nitrogens with one attached hydrogen (secondary N) is 1. The highest BCUT2D eigenvalue weighted by Gasteiger charge is 2.45. The van der Waals surface area contributed by atoms with Crippen LogP contribution < -0.4 is 10.5 Å². The normalized spacial score (nSPS) is 14.7. The summed E-state index contributed by atoms with van der Waals surface area (Å²) in [4.78, 5) is 39.6. The van der Waals surface area contributed by atoms with Crippen molar-refractivity contribution >= 4 is 23.6 Å². The molecular formula is C17H19F3N4O5. The van der Waals surface area contributed by atoms with Gasteiger partial charge in [0.1, 0.15) is 11.6 Å². The number of ether oxygens (including phenoxy) is 1. The van der Waals surface area contributed by atoms with E-state index >= 15 is 0 Å². The minimum absolute atomic E-state index is 0.0518. The fourth-order valence-electron chi connectivity index (χ4n) is 2.43. The van der Waals surface area contributed by atoms with Gasteiger partial charge in [-0.3, -0.25) is 15.0 Å². The maximum atomic E-state index is 12.2. The highest BCUT2D eigenvalue weighted by Crippen LogP contribution is 2.18. The van der Waals surface area contributed by atoms with Crippen LogP contribution in [0.15, 0.2) is 24.3 Å². The molecule has 0 aromatic heterocycles. The minimum atomic E-state index is -5.26. The van der Waals surface area contributed by atoms with Crippen molar-refractivity contribution < 1.29 is 37.1 Å². The van der Waals surface area contributed by atoms with Gasteiger partial charge in [0.2, 0.25) is 0 Å². The molecule has 2 rings (SSSR count). The van der Waals surface area contributed by atoms with E-state index in [0.29, 0.717) is 30.8 Å². The highest BCUT2D eigenvalue weighted by molar-refractivity contribution is 6.35. The van der Waals surface area contributed by atoms with Crippen molar-refractivity contribution in [3.63, 3.8) is 0 Å². The second kappa shape index (κ2) is 9.26. The van der Waals surface area contributed by atoms with Gasteiger partial charge < -0.3 is 20.2 Å². The molecule has 3 N–H and O–H groups in total. The second-order valence-electron chi connectivity index (χ2n) is 6.07. The van der Waals surface area contributed by atoms with E-state index in [1.54, 1.807) is 24.3 Å². The number of benzene rings is 1. The Morgan fingerprint density at radius 3 is 2.34 bits per heavy atom. The van der Waals surface area contributed by atoms with Crippen molar-refractivity contribution in [2.75, 3.05) is 26.2 Å². The molecule has 1 saturated heterocycles. The van der Waals surface area contributed by atoms with Crippen molar-refractivity contribution in [2.45, 2.75) is 19.0 Å². The van der Waals surface area contributed by atoms with E-state index in [4.69, 9.17) is 15.9 Å². The lowest BCUT2D eigenvalue weighted by molar-refractivity contribution is -0.239. The fourth-order valence-corrected chi connectivity index (χ4v) is 2.43. The summed E-state index contributed by atoms with van der Waals surface area (Å²) in [6, 6.07) is 6.63. The predicted octanol–water partition coefficient (Wildman–Crippen LogP) is 0.821. The van der Waals surface area contributed by atoms with Gasteiger partial charge in [-0.15, -0.1) is 0 Å². The van der Waals surface area contributed by atoms with Gasteiger partial charge in [-0.1, -0.05) is 0 Å². The van der Waals surface area contributed by atoms with Crippen molar-refractivity contribution in [1.29, 1.82) is 5.41 Å². The van der Waals surface area contributed by atoms with Crippen molar-refractivity contribution in [3.8, 4) is 5.75 Å². The molecule has 1 heterocycles. The van der Waals surface area contributed by atoms with Crippen LogP contribution >= 0.6 is 0 Å². The van der Waals surface area contributed by atoms with Crippen molar-refractivity contribution in [1.82, 2.24) is 9.96 Å². The first-order chi connectivity index (χ1) is 13.6. The first kappa shape index (κ1) is 22.0. The van der Waals surface area contributed by atoms with E-state index < -0.39 is 24.0 Å². The lowest BCUT2D eigenvalue weighted by Gasteiger charge is -2.32. The molecule has 0 aliphatic carbocycles. The maximum Gasteiger partial charge on any atom is 0.493 e. The van der Waals surface area contributed by atoms with Gasteiger partial charge in [0, 0.05) is 18.7 Å². The smallest absolute Gasteiger partial charge is 0.493 e. The number of amides is 2. The predicted molar refractivity (Wildman–Crippen MR) is 92.6 cm³/mol. The largest absolute Gasteiger partial charge is 0.494 e. The lowest BCUT2D eigenvalue weighted by atomic mass is 10.2. The first-order valence-corrected chi connectivity index (χ1v) is 8.56. The van der Waals surface area contributed by atoms with E-state index in [9.17, 15) is 27.6 Å². The van der Waals surface area contributed by atoms with Crippen LogP contribution in [0.5, 0.6) is 5.75 Å². The van der Waals surface area contributed by atoms with Crippen LogP contribution in [-0.2, 0) is 19.2 Å². The Hall–Kier alpha value is -3.31. The van der Waals surface area contributed by atoms with Crippen LogP contribution in [0.4, 0.5) is 13.2 Å². The summed E-state index contributed by atoms with van der Waals surface area (Å²) < 4.78 is 42.1. The number of piperazine rings is 1. The number of nitrogens with two attached hydrogens (primary N) is 1. The first-order valence-electron chi connectivity index (χ1n) is 8.56. The number of nitrogens with zero attached hydrogens (tertiary/aromatic N) is 2. The third-order valence-electron chi connectivity index (χ3n) is 3.95. The number of carbonyl (C=O) groups excluding carboxylic acids is 3. The number of rotatable bonds is 8. The summed E-state index contributed by atoms with van der Waals surface area (Å²) in [6.45, 7) is 0.150. The van der Waals surface area contributed by atoms with Crippen LogP contribution in [0.25, 0.3) is 0 Å². The van der Waals surface area contributed by atoms with Crippen LogP contribution in [0.1, 0.15) is 18.4 Å². The molecular weight excluding hydrogens is 397 g/mol. The zero-order chi connectivity index (χ0) is 21.6. The molecule has 0 unspecified atom stereocenters. The topological polar surface area (TPSA) is 126 Å². The summed E-state index contributed by atoms with van der Waals surface area (Å²) in [5.74, 6) is -4.38.